The van der Waals surface area contributed by atoms with E-state index in [0.29, 0.717) is 11.7 Å². The predicted octanol–water partition coefficient (Wildman–Crippen LogP) is 1.84. The monoisotopic (exact) mass is 181 g/mol. The number of ketones is 1. The van der Waals surface area contributed by atoms with E-state index >= 15 is 0 Å². The van der Waals surface area contributed by atoms with Crippen LogP contribution in [0, 0.1) is 5.92 Å². The third-order valence-electron chi connectivity index (χ3n) is 3.36. The molecule has 0 N–H and O–H groups in total. The van der Waals surface area contributed by atoms with E-state index in [9.17, 15) is 4.79 Å². The second kappa shape index (κ2) is 4.23. The SMILES string of the molecule is O=C1CCCC[C@H]1CN1CCCC1. The summed E-state index contributed by atoms with van der Waals surface area (Å²) in [5.41, 5.74) is 0. The lowest BCUT2D eigenvalue weighted by atomic mass is 9.88. The van der Waals surface area contributed by atoms with Gasteiger partial charge in [0, 0.05) is 18.9 Å². The molecule has 0 bridgehead atoms. The molecule has 0 aromatic rings. The number of nitrogens with zero attached hydrogens (tertiary/aromatic N) is 1. The van der Waals surface area contributed by atoms with Gasteiger partial charge in [0.15, 0.2) is 0 Å². The van der Waals surface area contributed by atoms with Crippen molar-refractivity contribution in [1.82, 2.24) is 4.90 Å². The topological polar surface area (TPSA) is 20.3 Å². The first-order valence-corrected chi connectivity index (χ1v) is 5.61. The first-order valence-electron chi connectivity index (χ1n) is 5.61. The summed E-state index contributed by atoms with van der Waals surface area (Å²) in [4.78, 5) is 14.0. The number of carbonyl (C=O) groups is 1. The number of carbonyl (C=O) groups excluding carboxylic acids is 1. The summed E-state index contributed by atoms with van der Waals surface area (Å²) in [6.45, 7) is 3.51. The van der Waals surface area contributed by atoms with Gasteiger partial charge in [-0.05, 0) is 38.8 Å². The first kappa shape index (κ1) is 9.20. The minimum absolute atomic E-state index is 0.381. The van der Waals surface area contributed by atoms with Crippen molar-refractivity contribution in [1.29, 1.82) is 0 Å². The van der Waals surface area contributed by atoms with Gasteiger partial charge in [0.05, 0.1) is 0 Å². The molecule has 2 heteroatoms. The molecular weight excluding hydrogens is 162 g/mol. The molecule has 0 aromatic heterocycles. The zero-order valence-corrected chi connectivity index (χ0v) is 8.30. The maximum Gasteiger partial charge on any atom is 0.137 e. The summed E-state index contributed by atoms with van der Waals surface area (Å²) in [6.07, 6.45) is 7.06. The predicted molar refractivity (Wildman–Crippen MR) is 52.6 cm³/mol. The standard InChI is InChI=1S/C11H19NO/c13-11-6-2-1-5-10(11)9-12-7-3-4-8-12/h10H,1-9H2/t10-/m0/s1. The van der Waals surface area contributed by atoms with Crippen LogP contribution in [0.4, 0.5) is 0 Å². The van der Waals surface area contributed by atoms with E-state index in [2.05, 4.69) is 4.90 Å². The van der Waals surface area contributed by atoms with Crippen molar-refractivity contribution in [3.63, 3.8) is 0 Å². The number of likely N-dealkylation sites (tertiary alicyclic amines) is 1. The molecule has 0 aromatic carbocycles. The molecule has 2 rings (SSSR count). The van der Waals surface area contributed by atoms with E-state index < -0.39 is 0 Å². The summed E-state index contributed by atoms with van der Waals surface area (Å²) < 4.78 is 0. The van der Waals surface area contributed by atoms with Gasteiger partial charge in [-0.25, -0.2) is 0 Å². The summed E-state index contributed by atoms with van der Waals surface area (Å²) in [7, 11) is 0. The van der Waals surface area contributed by atoms with Crippen LogP contribution in [0.2, 0.25) is 0 Å². The molecule has 13 heavy (non-hydrogen) atoms. The van der Waals surface area contributed by atoms with E-state index in [1.807, 2.05) is 0 Å². The van der Waals surface area contributed by atoms with Crippen molar-refractivity contribution in [3.8, 4) is 0 Å². The molecule has 0 radical (unpaired) electrons. The van der Waals surface area contributed by atoms with Gasteiger partial charge >= 0.3 is 0 Å². The molecule has 1 heterocycles. The van der Waals surface area contributed by atoms with Crippen LogP contribution in [0.15, 0.2) is 0 Å². The molecule has 2 fully saturated rings. The second-order valence-corrected chi connectivity index (χ2v) is 4.42. The summed E-state index contributed by atoms with van der Waals surface area (Å²) in [5.74, 6) is 0.907. The van der Waals surface area contributed by atoms with Crippen LogP contribution in [0.5, 0.6) is 0 Å². The zero-order valence-electron chi connectivity index (χ0n) is 8.30. The minimum atomic E-state index is 0.381. The molecule has 74 valence electrons. The number of hydrogen-bond donors (Lipinski definition) is 0. The highest BCUT2D eigenvalue weighted by atomic mass is 16.1. The quantitative estimate of drug-likeness (QED) is 0.648. The van der Waals surface area contributed by atoms with Crippen LogP contribution in [0.25, 0.3) is 0 Å². The van der Waals surface area contributed by atoms with Crippen LogP contribution >= 0.6 is 0 Å². The Hall–Kier alpha value is -0.370. The molecule has 0 spiro atoms. The first-order chi connectivity index (χ1) is 6.36. The lowest BCUT2D eigenvalue weighted by Gasteiger charge is -2.25. The van der Waals surface area contributed by atoms with Gasteiger partial charge in [0.2, 0.25) is 0 Å². The van der Waals surface area contributed by atoms with E-state index in [0.717, 1.165) is 25.8 Å². The fourth-order valence-corrected chi connectivity index (χ4v) is 2.53. The van der Waals surface area contributed by atoms with Gasteiger partial charge in [0.1, 0.15) is 5.78 Å². The third-order valence-corrected chi connectivity index (χ3v) is 3.36. The Bertz CT molecular complexity index is 185. The Morgan fingerprint density at radius 3 is 2.62 bits per heavy atom. The van der Waals surface area contributed by atoms with Gasteiger partial charge in [-0.15, -0.1) is 0 Å². The summed E-state index contributed by atoms with van der Waals surface area (Å²) >= 11 is 0. The molecule has 1 saturated carbocycles. The van der Waals surface area contributed by atoms with Crippen molar-refractivity contribution in [2.24, 2.45) is 5.92 Å². The highest BCUT2D eigenvalue weighted by molar-refractivity contribution is 5.81. The normalized spacial score (nSPS) is 31.1. The van der Waals surface area contributed by atoms with Gasteiger partial charge in [0.25, 0.3) is 0 Å². The van der Waals surface area contributed by atoms with E-state index in [1.54, 1.807) is 0 Å². The number of hydrogen-bond acceptors (Lipinski definition) is 2. The second-order valence-electron chi connectivity index (χ2n) is 4.42. The minimum Gasteiger partial charge on any atom is -0.303 e. The van der Waals surface area contributed by atoms with Gasteiger partial charge < -0.3 is 4.90 Å². The molecule has 1 atom stereocenters. The molecule has 0 amide bonds. The Kier molecular flexibility index (Phi) is 2.99. The van der Waals surface area contributed by atoms with Crippen molar-refractivity contribution >= 4 is 5.78 Å². The third kappa shape index (κ3) is 2.31. The molecule has 1 saturated heterocycles. The lowest BCUT2D eigenvalue weighted by molar-refractivity contribution is -0.125. The van der Waals surface area contributed by atoms with Crippen LogP contribution in [0.3, 0.4) is 0 Å². The van der Waals surface area contributed by atoms with Crippen molar-refractivity contribution in [2.45, 2.75) is 38.5 Å². The maximum atomic E-state index is 11.6. The van der Waals surface area contributed by atoms with Crippen molar-refractivity contribution in [3.05, 3.63) is 0 Å². The van der Waals surface area contributed by atoms with Crippen molar-refractivity contribution < 1.29 is 4.79 Å². The number of rotatable bonds is 2. The average Bonchev–Trinajstić information content (AvgIpc) is 2.61. The lowest BCUT2D eigenvalue weighted by Crippen LogP contribution is -2.32. The Morgan fingerprint density at radius 1 is 1.15 bits per heavy atom. The zero-order chi connectivity index (χ0) is 9.10. The highest BCUT2D eigenvalue weighted by Gasteiger charge is 2.25. The summed E-state index contributed by atoms with van der Waals surface area (Å²) in [6, 6.07) is 0. The fourth-order valence-electron chi connectivity index (χ4n) is 2.53. The van der Waals surface area contributed by atoms with E-state index in [-0.39, 0.29) is 0 Å². The molecule has 2 aliphatic rings. The Balaban J connectivity index is 1.81. The molecule has 2 nitrogen and oxygen atoms in total. The maximum absolute atomic E-state index is 11.6. The number of Topliss-reactive ketones (excluding diaryl/α,β-unsaturated/α-hetero) is 1. The van der Waals surface area contributed by atoms with Gasteiger partial charge in [-0.2, -0.15) is 0 Å². The molecule has 1 aliphatic carbocycles. The summed E-state index contributed by atoms with van der Waals surface area (Å²) in [5, 5.41) is 0. The van der Waals surface area contributed by atoms with Crippen LogP contribution in [-0.4, -0.2) is 30.3 Å². The fraction of sp³-hybridized carbons (Fsp3) is 0.909. The van der Waals surface area contributed by atoms with Gasteiger partial charge in [-0.3, -0.25) is 4.79 Å². The van der Waals surface area contributed by atoms with Crippen LogP contribution in [-0.2, 0) is 4.79 Å². The molecule has 0 unspecified atom stereocenters. The molecular formula is C11H19NO. The highest BCUT2D eigenvalue weighted by Crippen LogP contribution is 2.22. The molecule has 1 aliphatic heterocycles. The van der Waals surface area contributed by atoms with Crippen molar-refractivity contribution in [2.75, 3.05) is 19.6 Å². The van der Waals surface area contributed by atoms with Crippen LogP contribution < -0.4 is 0 Å². The Labute approximate surface area is 80.3 Å². The largest absolute Gasteiger partial charge is 0.303 e. The smallest absolute Gasteiger partial charge is 0.137 e. The average molecular weight is 181 g/mol. The van der Waals surface area contributed by atoms with E-state index in [1.165, 1.54) is 32.4 Å². The van der Waals surface area contributed by atoms with Gasteiger partial charge in [-0.1, -0.05) is 6.42 Å². The Morgan fingerprint density at radius 2 is 1.92 bits per heavy atom. The van der Waals surface area contributed by atoms with E-state index in [4.69, 9.17) is 0 Å². The van der Waals surface area contributed by atoms with Crippen LogP contribution in [0.1, 0.15) is 38.5 Å².